The molecule has 0 saturated carbocycles. The number of hydrogen-bond donors (Lipinski definition) is 0. The lowest BCUT2D eigenvalue weighted by molar-refractivity contribution is 0.0818. The Morgan fingerprint density at radius 1 is 1.32 bits per heavy atom. The van der Waals surface area contributed by atoms with E-state index in [9.17, 15) is 0 Å². The van der Waals surface area contributed by atoms with Gasteiger partial charge in [0.1, 0.15) is 5.69 Å². The fraction of sp³-hybridized carbons (Fsp3) is 0.462. The summed E-state index contributed by atoms with van der Waals surface area (Å²) in [4.78, 5) is 6.44. The minimum Gasteiger partial charge on any atom is -0.381 e. The van der Waals surface area contributed by atoms with Crippen molar-refractivity contribution in [1.82, 2.24) is 13.7 Å². The van der Waals surface area contributed by atoms with E-state index in [0.717, 1.165) is 43.0 Å². The van der Waals surface area contributed by atoms with Gasteiger partial charge < -0.3 is 9.64 Å². The van der Waals surface area contributed by atoms with E-state index in [1.807, 2.05) is 18.3 Å². The lowest BCUT2D eigenvalue weighted by Gasteiger charge is -2.31. The number of pyridine rings is 1. The minimum absolute atomic E-state index is 0.379. The molecule has 0 atom stereocenters. The third-order valence-electron chi connectivity index (χ3n) is 3.48. The smallest absolute Gasteiger partial charge is 0.170 e. The first-order valence-electron chi connectivity index (χ1n) is 6.39. The van der Waals surface area contributed by atoms with E-state index in [4.69, 9.17) is 4.74 Å². The first-order chi connectivity index (χ1) is 9.38. The molecule has 19 heavy (non-hydrogen) atoms. The summed E-state index contributed by atoms with van der Waals surface area (Å²) >= 11 is 1.26. The minimum atomic E-state index is 0.379. The van der Waals surface area contributed by atoms with E-state index in [1.165, 1.54) is 11.7 Å². The number of hydrogen-bond acceptors (Lipinski definition) is 6. The monoisotopic (exact) mass is 276 g/mol. The molecule has 6 heteroatoms. The van der Waals surface area contributed by atoms with Crippen molar-refractivity contribution in [2.75, 3.05) is 25.1 Å². The zero-order valence-electron chi connectivity index (χ0n) is 10.8. The molecule has 2 aromatic heterocycles. The van der Waals surface area contributed by atoms with Gasteiger partial charge in [0.15, 0.2) is 5.82 Å². The van der Waals surface area contributed by atoms with Crippen LogP contribution in [-0.4, -0.2) is 40.0 Å². The van der Waals surface area contributed by atoms with Crippen LogP contribution in [0.5, 0.6) is 0 Å². The normalized spacial score (nSPS) is 16.8. The van der Waals surface area contributed by atoms with Crippen molar-refractivity contribution in [1.29, 1.82) is 0 Å². The van der Waals surface area contributed by atoms with Crippen LogP contribution in [-0.2, 0) is 4.74 Å². The maximum absolute atomic E-state index is 5.40. The molecule has 0 amide bonds. The van der Waals surface area contributed by atoms with Crippen molar-refractivity contribution in [2.45, 2.75) is 18.9 Å². The molecule has 0 bridgehead atoms. The summed E-state index contributed by atoms with van der Waals surface area (Å²) < 4.78 is 14.3. The Labute approximate surface area is 116 Å². The number of piperidine rings is 1. The van der Waals surface area contributed by atoms with E-state index in [1.54, 1.807) is 13.3 Å². The van der Waals surface area contributed by atoms with Gasteiger partial charge in [-0.3, -0.25) is 4.98 Å². The molecule has 5 nitrogen and oxygen atoms in total. The van der Waals surface area contributed by atoms with Crippen LogP contribution < -0.4 is 4.90 Å². The first-order valence-corrected chi connectivity index (χ1v) is 7.12. The second-order valence-corrected chi connectivity index (χ2v) is 5.13. The molecule has 100 valence electrons. The second kappa shape index (κ2) is 5.63. The standard InChI is InChI=1S/C13H16N4OS/c1-18-11-4-7-17(8-5-11)13-12(15-19-16-13)10-3-2-6-14-9-10/h2-3,6,9,11H,4-5,7-8H2,1H3. The summed E-state index contributed by atoms with van der Waals surface area (Å²) in [5.74, 6) is 0.979. The zero-order chi connectivity index (χ0) is 13.1. The highest BCUT2D eigenvalue weighted by Crippen LogP contribution is 2.30. The van der Waals surface area contributed by atoms with E-state index in [2.05, 4.69) is 18.6 Å². The van der Waals surface area contributed by atoms with Gasteiger partial charge in [-0.25, -0.2) is 0 Å². The molecule has 1 fully saturated rings. The number of aromatic nitrogens is 3. The molecule has 3 rings (SSSR count). The molecule has 0 aliphatic carbocycles. The molecule has 0 unspecified atom stereocenters. The quantitative estimate of drug-likeness (QED) is 0.860. The van der Waals surface area contributed by atoms with Crippen LogP contribution in [0.3, 0.4) is 0 Å². The Kier molecular flexibility index (Phi) is 3.70. The van der Waals surface area contributed by atoms with Crippen LogP contribution in [0.1, 0.15) is 12.8 Å². The van der Waals surface area contributed by atoms with Crippen molar-refractivity contribution in [2.24, 2.45) is 0 Å². The average Bonchev–Trinajstić information content (AvgIpc) is 2.98. The molecule has 0 radical (unpaired) electrons. The molecular weight excluding hydrogens is 260 g/mol. The largest absolute Gasteiger partial charge is 0.381 e. The molecule has 1 saturated heterocycles. The van der Waals surface area contributed by atoms with Crippen molar-refractivity contribution in [3.8, 4) is 11.3 Å². The maximum Gasteiger partial charge on any atom is 0.170 e. The van der Waals surface area contributed by atoms with Gasteiger partial charge >= 0.3 is 0 Å². The summed E-state index contributed by atoms with van der Waals surface area (Å²) in [5.41, 5.74) is 1.97. The maximum atomic E-state index is 5.40. The Balaban J connectivity index is 1.81. The predicted octanol–water partition coefficient (Wildman–Crippen LogP) is 2.22. The summed E-state index contributed by atoms with van der Waals surface area (Å²) in [6, 6.07) is 3.95. The highest BCUT2D eigenvalue weighted by atomic mass is 32.1. The fourth-order valence-electron chi connectivity index (χ4n) is 2.38. The van der Waals surface area contributed by atoms with Gasteiger partial charge in [-0.1, -0.05) is 0 Å². The van der Waals surface area contributed by atoms with E-state index < -0.39 is 0 Å². The summed E-state index contributed by atoms with van der Waals surface area (Å²) in [7, 11) is 1.78. The van der Waals surface area contributed by atoms with E-state index in [-0.39, 0.29) is 0 Å². The zero-order valence-corrected chi connectivity index (χ0v) is 11.6. The molecule has 0 spiro atoms. The van der Waals surface area contributed by atoms with Crippen LogP contribution in [0.4, 0.5) is 5.82 Å². The average molecular weight is 276 g/mol. The van der Waals surface area contributed by atoms with Crippen LogP contribution in [0.25, 0.3) is 11.3 Å². The lowest BCUT2D eigenvalue weighted by atomic mass is 10.1. The highest BCUT2D eigenvalue weighted by Gasteiger charge is 2.23. The second-order valence-electron chi connectivity index (χ2n) is 4.60. The number of methoxy groups -OCH3 is 1. The Hall–Kier alpha value is -1.53. The first kappa shape index (κ1) is 12.5. The SMILES string of the molecule is COC1CCN(c2nsnc2-c2cccnc2)CC1. The molecule has 2 aromatic rings. The van der Waals surface area contributed by atoms with Crippen LogP contribution in [0, 0.1) is 0 Å². The summed E-state index contributed by atoms with van der Waals surface area (Å²) in [6.45, 7) is 1.94. The van der Waals surface area contributed by atoms with Crippen molar-refractivity contribution in [3.05, 3.63) is 24.5 Å². The molecule has 0 aromatic carbocycles. The predicted molar refractivity (Wildman–Crippen MR) is 75.4 cm³/mol. The van der Waals surface area contributed by atoms with E-state index >= 15 is 0 Å². The summed E-state index contributed by atoms with van der Waals surface area (Å²) in [6.07, 6.45) is 6.07. The Morgan fingerprint density at radius 3 is 2.84 bits per heavy atom. The molecular formula is C13H16N4OS. The van der Waals surface area contributed by atoms with Gasteiger partial charge in [0.2, 0.25) is 0 Å². The summed E-state index contributed by atoms with van der Waals surface area (Å²) in [5, 5.41) is 0. The molecule has 3 heterocycles. The Morgan fingerprint density at radius 2 is 2.16 bits per heavy atom. The van der Waals surface area contributed by atoms with Gasteiger partial charge in [-0.05, 0) is 25.0 Å². The van der Waals surface area contributed by atoms with Gasteiger partial charge in [0.05, 0.1) is 17.8 Å². The third kappa shape index (κ3) is 2.59. The van der Waals surface area contributed by atoms with Gasteiger partial charge in [-0.15, -0.1) is 0 Å². The van der Waals surface area contributed by atoms with Crippen molar-refractivity contribution >= 4 is 17.5 Å². The lowest BCUT2D eigenvalue weighted by Crippen LogP contribution is -2.37. The molecule has 1 aliphatic heterocycles. The number of ether oxygens (including phenoxy) is 1. The third-order valence-corrected chi connectivity index (χ3v) is 4.00. The van der Waals surface area contributed by atoms with Gasteiger partial charge in [-0.2, -0.15) is 8.75 Å². The molecule has 1 aliphatic rings. The van der Waals surface area contributed by atoms with Crippen molar-refractivity contribution in [3.63, 3.8) is 0 Å². The van der Waals surface area contributed by atoms with E-state index in [0.29, 0.717) is 6.10 Å². The molecule has 0 N–H and O–H groups in total. The van der Waals surface area contributed by atoms with Crippen LogP contribution >= 0.6 is 11.7 Å². The van der Waals surface area contributed by atoms with Crippen LogP contribution in [0.15, 0.2) is 24.5 Å². The van der Waals surface area contributed by atoms with Crippen molar-refractivity contribution < 1.29 is 4.74 Å². The number of nitrogens with zero attached hydrogens (tertiary/aromatic N) is 4. The number of anilines is 1. The fourth-order valence-corrected chi connectivity index (χ4v) is 2.97. The van der Waals surface area contributed by atoms with Crippen LogP contribution in [0.2, 0.25) is 0 Å². The topological polar surface area (TPSA) is 51.1 Å². The number of rotatable bonds is 3. The van der Waals surface area contributed by atoms with Gasteiger partial charge in [0, 0.05) is 38.2 Å². The Bertz CT molecular complexity index is 522. The van der Waals surface area contributed by atoms with Gasteiger partial charge in [0.25, 0.3) is 0 Å². The highest BCUT2D eigenvalue weighted by molar-refractivity contribution is 6.99.